The maximum atomic E-state index is 12.9. The molecule has 0 bridgehead atoms. The molecule has 1 N–H and O–H groups in total. The van der Waals surface area contributed by atoms with Gasteiger partial charge in [0.2, 0.25) is 20.0 Å². The fourth-order valence-corrected chi connectivity index (χ4v) is 5.45. The predicted octanol–water partition coefficient (Wildman–Crippen LogP) is 2.89. The number of sulfonamides is 1. The van der Waals surface area contributed by atoms with Crippen LogP contribution in [0.3, 0.4) is 0 Å². The number of hydrogen-bond donors (Lipinski definition) is 1. The monoisotopic (exact) mass is 415 g/mol. The molecule has 0 atom stereocenters. The molecule has 4 rings (SSSR count). The number of hydrogen-bond acceptors (Lipinski definition) is 5. The van der Waals surface area contributed by atoms with Gasteiger partial charge in [-0.25, -0.2) is 20.8 Å². The second-order valence-electron chi connectivity index (χ2n) is 6.88. The maximum absolute atomic E-state index is 12.9. The fraction of sp³-hybridized carbons (Fsp3) is 0.211. The quantitative estimate of drug-likeness (QED) is 0.689. The zero-order valence-electron chi connectivity index (χ0n) is 15.0. The molecule has 1 aliphatic rings. The third-order valence-corrected chi connectivity index (χ3v) is 7.39. The molecule has 3 aromatic rings. The van der Waals surface area contributed by atoms with Crippen LogP contribution in [-0.4, -0.2) is 32.3 Å². The van der Waals surface area contributed by atoms with E-state index in [1.807, 2.05) is 0 Å². The summed E-state index contributed by atoms with van der Waals surface area (Å²) in [6, 6.07) is 13.8. The molecule has 0 unspecified atom stereocenters. The smallest absolute Gasteiger partial charge is 0.241 e. The largest absolute Gasteiger partial charge is 0.284 e. The van der Waals surface area contributed by atoms with Gasteiger partial charge in [-0.3, -0.25) is 4.72 Å². The van der Waals surface area contributed by atoms with E-state index in [4.69, 9.17) is 5.26 Å². The first-order chi connectivity index (χ1) is 13.2. The maximum Gasteiger partial charge on any atom is 0.241 e. The van der Waals surface area contributed by atoms with Crippen molar-refractivity contribution in [3.63, 3.8) is 0 Å². The zero-order valence-corrected chi connectivity index (χ0v) is 16.6. The Morgan fingerprint density at radius 2 is 1.75 bits per heavy atom. The molecule has 144 valence electrons. The Hall–Kier alpha value is -2.83. The van der Waals surface area contributed by atoms with E-state index in [0.717, 1.165) is 11.8 Å². The van der Waals surface area contributed by atoms with Crippen LogP contribution in [0.25, 0.3) is 22.0 Å². The van der Waals surface area contributed by atoms with Gasteiger partial charge in [-0.15, -0.1) is 0 Å². The van der Waals surface area contributed by atoms with Gasteiger partial charge in [0.25, 0.3) is 0 Å². The molecule has 9 heteroatoms. The average Bonchev–Trinajstić information content (AvgIpc) is 3.42. The van der Waals surface area contributed by atoms with Gasteiger partial charge in [-0.05, 0) is 42.7 Å². The molecule has 28 heavy (non-hydrogen) atoms. The fourth-order valence-electron chi connectivity index (χ4n) is 3.17. The molecule has 0 aliphatic heterocycles. The van der Waals surface area contributed by atoms with Crippen LogP contribution in [0.5, 0.6) is 0 Å². The first-order valence-electron chi connectivity index (χ1n) is 8.57. The van der Waals surface area contributed by atoms with Gasteiger partial charge in [0.1, 0.15) is 0 Å². The second kappa shape index (κ2) is 6.36. The molecule has 2 aromatic carbocycles. The number of benzene rings is 2. The van der Waals surface area contributed by atoms with Crippen molar-refractivity contribution in [1.82, 2.24) is 3.97 Å². The van der Waals surface area contributed by atoms with Gasteiger partial charge >= 0.3 is 0 Å². The van der Waals surface area contributed by atoms with E-state index in [9.17, 15) is 16.8 Å². The number of fused-ring (bicyclic) bond motifs is 1. The van der Waals surface area contributed by atoms with Crippen molar-refractivity contribution in [2.75, 3.05) is 11.0 Å². The predicted molar refractivity (Wildman–Crippen MR) is 108 cm³/mol. The van der Waals surface area contributed by atoms with Gasteiger partial charge in [-0.1, -0.05) is 18.2 Å². The minimum Gasteiger partial charge on any atom is -0.284 e. The summed E-state index contributed by atoms with van der Waals surface area (Å²) in [5.41, 5.74) is 2.71. The Balaban J connectivity index is 1.94. The van der Waals surface area contributed by atoms with Gasteiger partial charge in [-0.2, -0.15) is 5.26 Å². The van der Waals surface area contributed by atoms with E-state index in [1.165, 1.54) is 10.0 Å². The summed E-state index contributed by atoms with van der Waals surface area (Å²) < 4.78 is 52.6. The molecule has 0 saturated heterocycles. The summed E-state index contributed by atoms with van der Waals surface area (Å²) in [5, 5.41) is 9.26. The summed E-state index contributed by atoms with van der Waals surface area (Å²) in [6.07, 6.45) is 3.86. The second-order valence-corrected chi connectivity index (χ2v) is 10.7. The minimum atomic E-state index is -3.57. The molecule has 7 nitrogen and oxygen atoms in total. The van der Waals surface area contributed by atoms with E-state index >= 15 is 0 Å². The van der Waals surface area contributed by atoms with Crippen LogP contribution in [0.4, 0.5) is 5.69 Å². The molecule has 0 spiro atoms. The first-order valence-corrected chi connectivity index (χ1v) is 12.0. The van der Waals surface area contributed by atoms with Crippen molar-refractivity contribution in [1.29, 1.82) is 5.26 Å². The third-order valence-electron chi connectivity index (χ3n) is 4.62. The molecular formula is C19H17N3O4S2. The van der Waals surface area contributed by atoms with E-state index in [-0.39, 0.29) is 0 Å². The standard InChI is InChI=1S/C19H17N3O4S2/c1-27(23,24)21-15-6-9-17-18(14-4-2-13(11-20)3-5-14)12-22(19(17)10-15)28(25,26)16-7-8-16/h2-6,9-10,12,16,21H,7-8H2,1H3. The van der Waals surface area contributed by atoms with Crippen molar-refractivity contribution < 1.29 is 16.8 Å². The number of anilines is 1. The Kier molecular flexibility index (Phi) is 4.21. The lowest BCUT2D eigenvalue weighted by molar-refractivity contribution is 0.587. The van der Waals surface area contributed by atoms with Crippen LogP contribution in [0.15, 0.2) is 48.7 Å². The van der Waals surface area contributed by atoms with Gasteiger partial charge in [0.15, 0.2) is 0 Å². The highest BCUT2D eigenvalue weighted by atomic mass is 32.2. The summed E-state index contributed by atoms with van der Waals surface area (Å²) in [4.78, 5) is 0. The highest BCUT2D eigenvalue weighted by Crippen LogP contribution is 2.37. The number of nitrogens with one attached hydrogen (secondary N) is 1. The highest BCUT2D eigenvalue weighted by molar-refractivity contribution is 7.92. The third kappa shape index (κ3) is 3.37. The van der Waals surface area contributed by atoms with Crippen molar-refractivity contribution in [2.24, 2.45) is 0 Å². The van der Waals surface area contributed by atoms with Gasteiger partial charge < -0.3 is 0 Å². The first kappa shape index (κ1) is 18.5. The molecule has 1 fully saturated rings. The number of nitriles is 1. The van der Waals surface area contributed by atoms with Crippen molar-refractivity contribution in [2.45, 2.75) is 18.1 Å². The van der Waals surface area contributed by atoms with Crippen molar-refractivity contribution in [3.05, 3.63) is 54.2 Å². The summed E-state index contributed by atoms with van der Waals surface area (Å²) >= 11 is 0. The van der Waals surface area contributed by atoms with E-state index in [2.05, 4.69) is 10.8 Å². The summed E-state index contributed by atoms with van der Waals surface area (Å²) in [6.45, 7) is 0. The number of rotatable bonds is 5. The topological polar surface area (TPSA) is 109 Å². The minimum absolute atomic E-state index is 0.298. The zero-order chi connectivity index (χ0) is 20.1. The van der Waals surface area contributed by atoms with Crippen molar-refractivity contribution >= 4 is 36.6 Å². The van der Waals surface area contributed by atoms with E-state index in [0.29, 0.717) is 40.6 Å². The Morgan fingerprint density at radius 3 is 2.32 bits per heavy atom. The molecule has 1 heterocycles. The van der Waals surface area contributed by atoms with Crippen molar-refractivity contribution in [3.8, 4) is 17.2 Å². The molecule has 1 aliphatic carbocycles. The normalized spacial score (nSPS) is 14.7. The van der Waals surface area contributed by atoms with Gasteiger partial charge in [0.05, 0.1) is 34.3 Å². The Morgan fingerprint density at radius 1 is 1.07 bits per heavy atom. The van der Waals surface area contributed by atoms with Gasteiger partial charge in [0, 0.05) is 17.1 Å². The van der Waals surface area contributed by atoms with Crippen LogP contribution in [0, 0.1) is 11.3 Å². The molecule has 0 amide bonds. The lowest BCUT2D eigenvalue weighted by Gasteiger charge is -2.08. The van der Waals surface area contributed by atoms with Crippen LogP contribution in [-0.2, 0) is 20.0 Å². The van der Waals surface area contributed by atoms with Crippen LogP contribution in [0.2, 0.25) is 0 Å². The molecule has 0 radical (unpaired) electrons. The SMILES string of the molecule is CS(=O)(=O)Nc1ccc2c(-c3ccc(C#N)cc3)cn(S(=O)(=O)C3CC3)c2c1. The lowest BCUT2D eigenvalue weighted by Crippen LogP contribution is -2.16. The molecule has 1 saturated carbocycles. The van der Waals surface area contributed by atoms with E-state index in [1.54, 1.807) is 42.6 Å². The Bertz CT molecular complexity index is 1330. The van der Waals surface area contributed by atoms with Crippen LogP contribution < -0.4 is 4.72 Å². The summed E-state index contributed by atoms with van der Waals surface area (Å²) in [5.74, 6) is 0. The molecular weight excluding hydrogens is 398 g/mol. The molecule has 1 aromatic heterocycles. The van der Waals surface area contributed by atoms with Crippen LogP contribution in [0.1, 0.15) is 18.4 Å². The Labute approximate surface area is 163 Å². The summed E-state index contributed by atoms with van der Waals surface area (Å²) in [7, 11) is -7.06. The highest BCUT2D eigenvalue weighted by Gasteiger charge is 2.38. The van der Waals surface area contributed by atoms with Crippen LogP contribution >= 0.6 is 0 Å². The number of aromatic nitrogens is 1. The lowest BCUT2D eigenvalue weighted by atomic mass is 10.0. The average molecular weight is 415 g/mol. The van der Waals surface area contributed by atoms with E-state index < -0.39 is 25.3 Å². The number of nitrogens with zero attached hydrogens (tertiary/aromatic N) is 2.